The molecule has 0 spiro atoms. The highest BCUT2D eigenvalue weighted by atomic mass is 32.2. The predicted octanol–water partition coefficient (Wildman–Crippen LogP) is 3.41. The Hall–Kier alpha value is -1.69. The number of hydrogen-bond acceptors (Lipinski definition) is 3. The van der Waals surface area contributed by atoms with Crippen LogP contribution in [0.5, 0.6) is 0 Å². The van der Waals surface area contributed by atoms with Gasteiger partial charge in [0.1, 0.15) is 0 Å². The number of rotatable bonds is 12. The monoisotopic (exact) mass is 378 g/mol. The lowest BCUT2D eigenvalue weighted by Gasteiger charge is -2.11. The molecule has 1 aromatic carbocycles. The number of carbonyl (C=O) groups excluding carboxylic acids is 1. The molecule has 3 N–H and O–H groups in total. The van der Waals surface area contributed by atoms with E-state index in [0.29, 0.717) is 12.1 Å². The van der Waals surface area contributed by atoms with Gasteiger partial charge in [-0.2, -0.15) is 11.8 Å². The Kier molecular flexibility index (Phi) is 12.4. The van der Waals surface area contributed by atoms with Crippen molar-refractivity contribution in [3.8, 4) is 0 Å². The number of nitrogens with one attached hydrogen (secondary N) is 3. The van der Waals surface area contributed by atoms with Gasteiger partial charge in [-0.25, -0.2) is 4.99 Å². The molecule has 0 saturated heterocycles. The number of carbonyl (C=O) groups is 1. The fraction of sp³-hybridized carbons (Fsp3) is 0.600. The first-order chi connectivity index (χ1) is 12.7. The highest BCUT2D eigenvalue weighted by Gasteiger charge is 2.04. The molecule has 1 aromatic rings. The lowest BCUT2D eigenvalue weighted by atomic mass is 10.1. The van der Waals surface area contributed by atoms with Gasteiger partial charge in [0.25, 0.3) is 5.91 Å². The van der Waals surface area contributed by atoms with Gasteiger partial charge in [-0.05, 0) is 55.9 Å². The van der Waals surface area contributed by atoms with Crippen LogP contribution in [0.25, 0.3) is 0 Å². The number of benzene rings is 1. The third-order valence-corrected chi connectivity index (χ3v) is 4.56. The van der Waals surface area contributed by atoms with E-state index in [0.717, 1.165) is 50.4 Å². The zero-order chi connectivity index (χ0) is 19.0. The topological polar surface area (TPSA) is 65.5 Å². The minimum Gasteiger partial charge on any atom is -0.357 e. The van der Waals surface area contributed by atoms with Gasteiger partial charge in [0.05, 0.1) is 6.54 Å². The van der Waals surface area contributed by atoms with E-state index >= 15 is 0 Å². The van der Waals surface area contributed by atoms with Crippen LogP contribution in [-0.4, -0.2) is 43.5 Å². The Morgan fingerprint density at radius 1 is 1.00 bits per heavy atom. The highest BCUT2D eigenvalue weighted by Crippen LogP contribution is 2.06. The van der Waals surface area contributed by atoms with E-state index in [1.165, 1.54) is 12.2 Å². The molecule has 146 valence electrons. The molecule has 6 heteroatoms. The van der Waals surface area contributed by atoms with Crippen LogP contribution in [0.2, 0.25) is 0 Å². The van der Waals surface area contributed by atoms with Crippen LogP contribution in [-0.2, 0) is 6.54 Å². The second-order valence-corrected chi connectivity index (χ2v) is 7.11. The highest BCUT2D eigenvalue weighted by molar-refractivity contribution is 7.98. The predicted molar refractivity (Wildman–Crippen MR) is 114 cm³/mol. The molecule has 0 aliphatic heterocycles. The van der Waals surface area contributed by atoms with E-state index in [1.54, 1.807) is 0 Å². The van der Waals surface area contributed by atoms with Gasteiger partial charge in [0.2, 0.25) is 0 Å². The quantitative estimate of drug-likeness (QED) is 0.296. The van der Waals surface area contributed by atoms with Gasteiger partial charge < -0.3 is 16.0 Å². The summed E-state index contributed by atoms with van der Waals surface area (Å²) in [5, 5.41) is 9.58. The summed E-state index contributed by atoms with van der Waals surface area (Å²) in [5.74, 6) is 2.04. The van der Waals surface area contributed by atoms with Crippen molar-refractivity contribution in [1.29, 1.82) is 0 Å². The summed E-state index contributed by atoms with van der Waals surface area (Å²) >= 11 is 1.88. The van der Waals surface area contributed by atoms with Crippen LogP contribution >= 0.6 is 11.8 Å². The Balaban J connectivity index is 2.48. The first-order valence-electron chi connectivity index (χ1n) is 9.59. The third kappa shape index (κ3) is 9.70. The van der Waals surface area contributed by atoms with Crippen molar-refractivity contribution in [2.75, 3.05) is 31.6 Å². The molecule has 0 fully saturated rings. The molecule has 0 saturated carbocycles. The standard InChI is InChI=1S/C20H34N4OS/c1-4-6-13-22-19(25)18-11-9-17(10-12-18)16-24-20(21-5-2)23-14-7-8-15-26-3/h9-12H,4-8,13-16H2,1-3H3,(H,22,25)(H2,21,23,24). The molecule has 0 bridgehead atoms. The van der Waals surface area contributed by atoms with Crippen LogP contribution in [0.4, 0.5) is 0 Å². The number of unbranched alkanes of at least 4 members (excludes halogenated alkanes) is 2. The third-order valence-electron chi connectivity index (χ3n) is 3.86. The summed E-state index contributed by atoms with van der Waals surface area (Å²) in [6.45, 7) is 7.28. The molecule has 0 atom stereocenters. The number of guanidine groups is 1. The average molecular weight is 379 g/mol. The molecule has 0 heterocycles. The molecule has 26 heavy (non-hydrogen) atoms. The van der Waals surface area contributed by atoms with Crippen LogP contribution < -0.4 is 16.0 Å². The Bertz CT molecular complexity index is 531. The Morgan fingerprint density at radius 3 is 2.38 bits per heavy atom. The Morgan fingerprint density at radius 2 is 1.73 bits per heavy atom. The fourth-order valence-electron chi connectivity index (χ4n) is 2.33. The molecule has 1 amide bonds. The number of thioether (sulfide) groups is 1. The summed E-state index contributed by atoms with van der Waals surface area (Å²) < 4.78 is 0. The van der Waals surface area contributed by atoms with Crippen LogP contribution in [0.3, 0.4) is 0 Å². The van der Waals surface area contributed by atoms with Gasteiger partial charge in [-0.1, -0.05) is 25.5 Å². The maximum absolute atomic E-state index is 12.0. The maximum Gasteiger partial charge on any atom is 0.251 e. The summed E-state index contributed by atoms with van der Waals surface area (Å²) in [6.07, 6.45) is 6.59. The minimum atomic E-state index is -0.00579. The summed E-state index contributed by atoms with van der Waals surface area (Å²) in [5.41, 5.74) is 1.79. The summed E-state index contributed by atoms with van der Waals surface area (Å²) in [6, 6.07) is 7.68. The van der Waals surface area contributed by atoms with Crippen molar-refractivity contribution in [2.24, 2.45) is 4.99 Å². The van der Waals surface area contributed by atoms with Gasteiger partial charge >= 0.3 is 0 Å². The van der Waals surface area contributed by atoms with Crippen molar-refractivity contribution in [1.82, 2.24) is 16.0 Å². The van der Waals surface area contributed by atoms with Gasteiger partial charge in [0, 0.05) is 25.2 Å². The van der Waals surface area contributed by atoms with Crippen LogP contribution in [0, 0.1) is 0 Å². The van der Waals surface area contributed by atoms with Crippen molar-refractivity contribution in [3.05, 3.63) is 35.4 Å². The van der Waals surface area contributed by atoms with E-state index in [1.807, 2.05) is 36.0 Å². The van der Waals surface area contributed by atoms with Crippen molar-refractivity contribution >= 4 is 23.6 Å². The molecule has 0 aliphatic rings. The average Bonchev–Trinajstić information content (AvgIpc) is 2.66. The SMILES string of the molecule is CCCCNC(=O)c1ccc(CN=C(NCC)NCCCCSC)cc1. The minimum absolute atomic E-state index is 0.00579. The fourth-order valence-corrected chi connectivity index (χ4v) is 2.83. The number of hydrogen-bond donors (Lipinski definition) is 3. The largest absolute Gasteiger partial charge is 0.357 e. The van der Waals surface area contributed by atoms with Gasteiger partial charge in [-0.3, -0.25) is 4.79 Å². The first-order valence-corrected chi connectivity index (χ1v) is 11.0. The van der Waals surface area contributed by atoms with Gasteiger partial charge in [0.15, 0.2) is 5.96 Å². The Labute approximate surface area is 162 Å². The number of aliphatic imine (C=N–C) groups is 1. The number of nitrogens with zero attached hydrogens (tertiary/aromatic N) is 1. The van der Waals surface area contributed by atoms with E-state index in [2.05, 4.69) is 41.0 Å². The molecule has 0 aliphatic carbocycles. The zero-order valence-corrected chi connectivity index (χ0v) is 17.3. The second kappa shape index (κ2) is 14.5. The lowest BCUT2D eigenvalue weighted by molar-refractivity contribution is 0.0953. The maximum atomic E-state index is 12.0. The van der Waals surface area contributed by atoms with E-state index in [9.17, 15) is 4.79 Å². The summed E-state index contributed by atoms with van der Waals surface area (Å²) in [7, 11) is 0. The molecular weight excluding hydrogens is 344 g/mol. The first kappa shape index (κ1) is 22.4. The normalized spacial score (nSPS) is 11.3. The molecule has 0 aromatic heterocycles. The smallest absolute Gasteiger partial charge is 0.251 e. The molecule has 5 nitrogen and oxygen atoms in total. The van der Waals surface area contributed by atoms with Crippen molar-refractivity contribution in [2.45, 2.75) is 46.1 Å². The molecule has 1 rings (SSSR count). The molecule has 0 radical (unpaired) electrons. The van der Waals surface area contributed by atoms with Gasteiger partial charge in [-0.15, -0.1) is 0 Å². The second-order valence-electron chi connectivity index (χ2n) is 6.13. The van der Waals surface area contributed by atoms with E-state index < -0.39 is 0 Å². The molecule has 0 unspecified atom stereocenters. The lowest BCUT2D eigenvalue weighted by Crippen LogP contribution is -2.37. The zero-order valence-electron chi connectivity index (χ0n) is 16.4. The van der Waals surface area contributed by atoms with Crippen molar-refractivity contribution in [3.63, 3.8) is 0 Å². The van der Waals surface area contributed by atoms with Crippen LogP contribution in [0.1, 0.15) is 55.5 Å². The van der Waals surface area contributed by atoms with Crippen LogP contribution in [0.15, 0.2) is 29.3 Å². The molecular formula is C20H34N4OS. The number of amides is 1. The van der Waals surface area contributed by atoms with E-state index in [4.69, 9.17) is 0 Å². The summed E-state index contributed by atoms with van der Waals surface area (Å²) in [4.78, 5) is 16.6. The van der Waals surface area contributed by atoms with E-state index in [-0.39, 0.29) is 5.91 Å². The van der Waals surface area contributed by atoms with Crippen molar-refractivity contribution < 1.29 is 4.79 Å².